The Labute approximate surface area is 110 Å². The number of fused-ring (bicyclic) bond motifs is 1. The van der Waals surface area contributed by atoms with Gasteiger partial charge in [-0.3, -0.25) is 10.2 Å². The van der Waals surface area contributed by atoms with Gasteiger partial charge in [-0.2, -0.15) is 0 Å². The normalized spacial score (nSPS) is 10.8. The monoisotopic (exact) mass is 264 g/mol. The second kappa shape index (κ2) is 6.33. The first-order valence-corrected chi connectivity index (χ1v) is 5.86. The lowest BCUT2D eigenvalue weighted by molar-refractivity contribution is 0.0537. The van der Waals surface area contributed by atoms with Gasteiger partial charge in [0.15, 0.2) is 0 Å². The molecular formula is C13H16N2O4. The number of rotatable bonds is 6. The molecule has 0 unspecified atom stereocenters. The summed E-state index contributed by atoms with van der Waals surface area (Å²) in [4.78, 5) is 11.8. The summed E-state index contributed by atoms with van der Waals surface area (Å²) < 4.78 is 15.9. The van der Waals surface area contributed by atoms with Crippen molar-refractivity contribution in [2.75, 3.05) is 20.3 Å². The van der Waals surface area contributed by atoms with Crippen LogP contribution in [0, 0.1) is 0 Å². The Kier molecular flexibility index (Phi) is 4.51. The summed E-state index contributed by atoms with van der Waals surface area (Å²) in [7, 11) is 1.60. The third-order valence-electron chi connectivity index (χ3n) is 2.69. The molecule has 0 aliphatic carbocycles. The third kappa shape index (κ3) is 2.93. The number of benzene rings is 1. The van der Waals surface area contributed by atoms with E-state index < -0.39 is 5.91 Å². The van der Waals surface area contributed by atoms with E-state index in [1.807, 2.05) is 18.2 Å². The summed E-state index contributed by atoms with van der Waals surface area (Å²) in [5.41, 5.74) is 3.17. The summed E-state index contributed by atoms with van der Waals surface area (Å²) >= 11 is 0. The van der Waals surface area contributed by atoms with Crippen LogP contribution in [-0.4, -0.2) is 26.2 Å². The molecule has 3 N–H and O–H groups in total. The Morgan fingerprint density at radius 3 is 2.89 bits per heavy atom. The lowest BCUT2D eigenvalue weighted by Gasteiger charge is -2.03. The van der Waals surface area contributed by atoms with Crippen LogP contribution in [0.15, 0.2) is 28.7 Å². The minimum absolute atomic E-state index is 0.195. The van der Waals surface area contributed by atoms with Gasteiger partial charge in [0.05, 0.1) is 18.8 Å². The number of ether oxygens (including phenoxy) is 2. The Morgan fingerprint density at radius 2 is 2.16 bits per heavy atom. The van der Waals surface area contributed by atoms with E-state index in [-0.39, 0.29) is 6.61 Å². The molecule has 0 fully saturated rings. The highest BCUT2D eigenvalue weighted by molar-refractivity contribution is 6.06. The molecule has 1 aromatic carbocycles. The van der Waals surface area contributed by atoms with Crippen LogP contribution in [0.4, 0.5) is 0 Å². The quantitative estimate of drug-likeness (QED) is 0.354. The van der Waals surface area contributed by atoms with Gasteiger partial charge >= 0.3 is 0 Å². The van der Waals surface area contributed by atoms with Crippen molar-refractivity contribution in [2.45, 2.75) is 6.61 Å². The number of nitrogen functional groups attached to an aromatic ring is 1. The summed E-state index contributed by atoms with van der Waals surface area (Å²) in [5.74, 6) is 5.26. The van der Waals surface area contributed by atoms with E-state index in [0.717, 1.165) is 5.39 Å². The highest BCUT2D eigenvalue weighted by Gasteiger charge is 2.19. The molecule has 6 heteroatoms. The summed E-state index contributed by atoms with van der Waals surface area (Å²) in [6.07, 6.45) is 0. The molecule has 102 valence electrons. The van der Waals surface area contributed by atoms with E-state index in [9.17, 15) is 4.79 Å². The van der Waals surface area contributed by atoms with Crippen molar-refractivity contribution in [1.29, 1.82) is 0 Å². The molecule has 2 rings (SSSR count). The van der Waals surface area contributed by atoms with Crippen LogP contribution < -0.4 is 11.3 Å². The molecule has 0 bridgehead atoms. The van der Waals surface area contributed by atoms with E-state index in [1.165, 1.54) is 0 Å². The van der Waals surface area contributed by atoms with E-state index in [0.29, 0.717) is 30.1 Å². The van der Waals surface area contributed by atoms with Gasteiger partial charge in [-0.25, -0.2) is 5.84 Å². The van der Waals surface area contributed by atoms with Gasteiger partial charge in [0.2, 0.25) is 0 Å². The van der Waals surface area contributed by atoms with E-state index in [4.69, 9.17) is 19.7 Å². The van der Waals surface area contributed by atoms with Crippen molar-refractivity contribution in [3.8, 4) is 0 Å². The lowest BCUT2D eigenvalue weighted by Crippen LogP contribution is -2.30. The molecule has 0 saturated carbocycles. The van der Waals surface area contributed by atoms with E-state index in [2.05, 4.69) is 5.43 Å². The molecule has 0 spiro atoms. The molecule has 0 aliphatic heterocycles. The van der Waals surface area contributed by atoms with Crippen LogP contribution in [0.25, 0.3) is 11.0 Å². The molecule has 2 aromatic rings. The molecule has 19 heavy (non-hydrogen) atoms. The van der Waals surface area contributed by atoms with Gasteiger partial charge in [0, 0.05) is 12.5 Å². The van der Waals surface area contributed by atoms with Gasteiger partial charge in [-0.1, -0.05) is 18.2 Å². The minimum Gasteiger partial charge on any atom is -0.458 e. The first-order chi connectivity index (χ1) is 9.27. The first kappa shape index (κ1) is 13.5. The third-order valence-corrected chi connectivity index (χ3v) is 2.69. The molecule has 0 saturated heterocycles. The fraction of sp³-hybridized carbons (Fsp3) is 0.308. The molecule has 0 atom stereocenters. The number of hydrogen-bond acceptors (Lipinski definition) is 5. The second-order valence-corrected chi connectivity index (χ2v) is 3.92. The zero-order valence-electron chi connectivity index (χ0n) is 10.6. The molecule has 0 aliphatic rings. The summed E-state index contributed by atoms with van der Waals surface area (Å²) in [6, 6.07) is 7.27. The van der Waals surface area contributed by atoms with Gasteiger partial charge in [0.25, 0.3) is 5.91 Å². The molecule has 1 heterocycles. The summed E-state index contributed by atoms with van der Waals surface area (Å²) in [6.45, 7) is 1.11. The maximum Gasteiger partial charge on any atom is 0.269 e. The number of amides is 1. The molecule has 0 radical (unpaired) electrons. The van der Waals surface area contributed by atoms with Crippen LogP contribution in [-0.2, 0) is 16.1 Å². The number of carbonyl (C=O) groups excluding carboxylic acids is 1. The highest BCUT2D eigenvalue weighted by atomic mass is 16.5. The molecule has 6 nitrogen and oxygen atoms in total. The average Bonchev–Trinajstić information content (AvgIpc) is 2.81. The molecule has 1 amide bonds. The zero-order chi connectivity index (χ0) is 13.7. The van der Waals surface area contributed by atoms with Crippen LogP contribution in [0.1, 0.15) is 16.1 Å². The zero-order valence-corrected chi connectivity index (χ0v) is 10.6. The van der Waals surface area contributed by atoms with Crippen LogP contribution in [0.5, 0.6) is 0 Å². The first-order valence-electron chi connectivity index (χ1n) is 5.86. The minimum atomic E-state index is -0.393. The molecular weight excluding hydrogens is 248 g/mol. The topological polar surface area (TPSA) is 86.7 Å². The Hall–Kier alpha value is -1.89. The van der Waals surface area contributed by atoms with Gasteiger partial charge in [-0.15, -0.1) is 0 Å². The number of carbonyl (C=O) groups is 1. The number of hydrazine groups is 1. The molecule has 1 aromatic heterocycles. The van der Waals surface area contributed by atoms with Crippen molar-refractivity contribution < 1.29 is 18.7 Å². The standard InChI is InChI=1S/C13H16N2O4/c1-17-6-7-18-8-11-12(13(16)15-14)9-4-2-3-5-10(9)19-11/h2-5H,6-8,14H2,1H3,(H,15,16). The van der Waals surface area contributed by atoms with Crippen molar-refractivity contribution in [3.05, 3.63) is 35.6 Å². The fourth-order valence-electron chi connectivity index (χ4n) is 1.83. The Balaban J connectivity index is 2.28. The predicted molar refractivity (Wildman–Crippen MR) is 69.4 cm³/mol. The van der Waals surface area contributed by atoms with Crippen LogP contribution in [0.2, 0.25) is 0 Å². The van der Waals surface area contributed by atoms with Crippen LogP contribution >= 0.6 is 0 Å². The Morgan fingerprint density at radius 1 is 1.37 bits per heavy atom. The average molecular weight is 264 g/mol. The number of furan rings is 1. The maximum atomic E-state index is 11.8. The van der Waals surface area contributed by atoms with Gasteiger partial charge < -0.3 is 13.9 Å². The van der Waals surface area contributed by atoms with Gasteiger partial charge in [0.1, 0.15) is 18.0 Å². The maximum absolute atomic E-state index is 11.8. The van der Waals surface area contributed by atoms with Crippen molar-refractivity contribution in [2.24, 2.45) is 5.84 Å². The smallest absolute Gasteiger partial charge is 0.269 e. The van der Waals surface area contributed by atoms with Gasteiger partial charge in [-0.05, 0) is 6.07 Å². The Bertz CT molecular complexity index is 565. The van der Waals surface area contributed by atoms with Crippen molar-refractivity contribution in [3.63, 3.8) is 0 Å². The number of hydrogen-bond donors (Lipinski definition) is 2. The predicted octanol–water partition coefficient (Wildman–Crippen LogP) is 1.20. The van der Waals surface area contributed by atoms with Crippen molar-refractivity contribution in [1.82, 2.24) is 5.43 Å². The summed E-state index contributed by atoms with van der Waals surface area (Å²) in [5, 5.41) is 0.718. The number of methoxy groups -OCH3 is 1. The largest absolute Gasteiger partial charge is 0.458 e. The fourth-order valence-corrected chi connectivity index (χ4v) is 1.83. The van der Waals surface area contributed by atoms with E-state index in [1.54, 1.807) is 13.2 Å². The van der Waals surface area contributed by atoms with Crippen molar-refractivity contribution >= 4 is 16.9 Å². The second-order valence-electron chi connectivity index (χ2n) is 3.92. The number of nitrogens with one attached hydrogen (secondary N) is 1. The number of para-hydroxylation sites is 1. The van der Waals surface area contributed by atoms with E-state index >= 15 is 0 Å². The SMILES string of the molecule is COCCOCc1oc2ccccc2c1C(=O)NN. The highest BCUT2D eigenvalue weighted by Crippen LogP contribution is 2.26. The number of nitrogens with two attached hydrogens (primary N) is 1. The van der Waals surface area contributed by atoms with Crippen LogP contribution in [0.3, 0.4) is 0 Å². The lowest BCUT2D eigenvalue weighted by atomic mass is 10.1.